The van der Waals surface area contributed by atoms with Crippen LogP contribution in [0.3, 0.4) is 0 Å². The van der Waals surface area contributed by atoms with Gasteiger partial charge in [-0.2, -0.15) is 0 Å². The number of aliphatic hydroxyl groups excluding tert-OH is 1. The molecule has 0 spiro atoms. The second-order valence-electron chi connectivity index (χ2n) is 3.96. The van der Waals surface area contributed by atoms with Crippen LogP contribution in [-0.4, -0.2) is 22.2 Å². The van der Waals surface area contributed by atoms with E-state index < -0.39 is 0 Å². The molecule has 82 valence electrons. The monoisotopic (exact) mass is 270 g/mol. The molecular formula is C11H15BrN2O. The van der Waals surface area contributed by atoms with Crippen molar-refractivity contribution in [2.45, 2.75) is 37.8 Å². The molecule has 0 saturated heterocycles. The van der Waals surface area contributed by atoms with Crippen LogP contribution in [0.5, 0.6) is 0 Å². The van der Waals surface area contributed by atoms with E-state index in [1.165, 1.54) is 6.42 Å². The van der Waals surface area contributed by atoms with Gasteiger partial charge in [-0.3, -0.25) is 0 Å². The van der Waals surface area contributed by atoms with Crippen molar-refractivity contribution in [1.29, 1.82) is 0 Å². The molecular weight excluding hydrogens is 256 g/mol. The highest BCUT2D eigenvalue weighted by atomic mass is 79.9. The number of nitrogens with zero attached hydrogens (tertiary/aromatic N) is 1. The van der Waals surface area contributed by atoms with Crippen molar-refractivity contribution >= 4 is 21.7 Å². The summed E-state index contributed by atoms with van der Waals surface area (Å²) in [6.07, 6.45) is 5.77. The van der Waals surface area contributed by atoms with Gasteiger partial charge in [0.15, 0.2) is 0 Å². The lowest BCUT2D eigenvalue weighted by Gasteiger charge is -2.28. The summed E-state index contributed by atoms with van der Waals surface area (Å²) in [5, 5.41) is 13.1. The third-order valence-electron chi connectivity index (χ3n) is 2.79. The maximum Gasteiger partial charge on any atom is 0.126 e. The van der Waals surface area contributed by atoms with Gasteiger partial charge < -0.3 is 10.4 Å². The van der Waals surface area contributed by atoms with Gasteiger partial charge in [0.25, 0.3) is 0 Å². The van der Waals surface area contributed by atoms with E-state index in [0.717, 1.165) is 29.6 Å². The quantitative estimate of drug-likeness (QED) is 0.869. The molecule has 0 unspecified atom stereocenters. The van der Waals surface area contributed by atoms with E-state index in [4.69, 9.17) is 0 Å². The Morgan fingerprint density at radius 1 is 1.33 bits per heavy atom. The molecule has 1 saturated carbocycles. The van der Waals surface area contributed by atoms with Crippen molar-refractivity contribution < 1.29 is 5.11 Å². The Balaban J connectivity index is 1.98. The Kier molecular flexibility index (Phi) is 3.59. The first-order valence-corrected chi connectivity index (χ1v) is 6.11. The fourth-order valence-corrected chi connectivity index (χ4v) is 2.17. The number of hydrogen-bond donors (Lipinski definition) is 2. The van der Waals surface area contributed by atoms with E-state index in [-0.39, 0.29) is 12.1 Å². The minimum Gasteiger partial charge on any atom is -0.391 e. The molecule has 15 heavy (non-hydrogen) atoms. The van der Waals surface area contributed by atoms with Crippen molar-refractivity contribution in [2.75, 3.05) is 5.32 Å². The standard InChI is InChI=1S/C11H15BrN2O/c12-8-5-6-11(13-7-8)14-9-3-1-2-4-10(9)15/h5-7,9-10,15H,1-4H2,(H,13,14)/t9-,10-/m1/s1. The van der Waals surface area contributed by atoms with Gasteiger partial charge in [0.2, 0.25) is 0 Å². The van der Waals surface area contributed by atoms with E-state index in [2.05, 4.69) is 26.2 Å². The van der Waals surface area contributed by atoms with E-state index >= 15 is 0 Å². The molecule has 0 aliphatic heterocycles. The summed E-state index contributed by atoms with van der Waals surface area (Å²) in [7, 11) is 0. The Bertz CT molecular complexity index is 315. The fraction of sp³-hybridized carbons (Fsp3) is 0.545. The number of aromatic nitrogens is 1. The smallest absolute Gasteiger partial charge is 0.126 e. The Labute approximate surface area is 98.0 Å². The second kappa shape index (κ2) is 4.94. The average molecular weight is 271 g/mol. The molecule has 0 bridgehead atoms. The third kappa shape index (κ3) is 2.92. The fourth-order valence-electron chi connectivity index (χ4n) is 1.93. The molecule has 1 aromatic rings. The summed E-state index contributed by atoms with van der Waals surface area (Å²) >= 11 is 3.34. The first kappa shape index (κ1) is 10.9. The largest absolute Gasteiger partial charge is 0.391 e. The zero-order chi connectivity index (χ0) is 10.7. The summed E-state index contributed by atoms with van der Waals surface area (Å²) in [6, 6.07) is 4.03. The Morgan fingerprint density at radius 3 is 2.80 bits per heavy atom. The number of nitrogens with one attached hydrogen (secondary N) is 1. The molecule has 4 heteroatoms. The lowest BCUT2D eigenvalue weighted by atomic mass is 9.92. The minimum atomic E-state index is -0.232. The molecule has 1 aliphatic carbocycles. The summed E-state index contributed by atoms with van der Waals surface area (Å²) in [6.45, 7) is 0. The van der Waals surface area contributed by atoms with Crippen LogP contribution in [0.4, 0.5) is 5.82 Å². The number of halogens is 1. The van der Waals surface area contributed by atoms with Gasteiger partial charge in [-0.15, -0.1) is 0 Å². The van der Waals surface area contributed by atoms with Gasteiger partial charge >= 0.3 is 0 Å². The molecule has 3 nitrogen and oxygen atoms in total. The lowest BCUT2D eigenvalue weighted by Crippen LogP contribution is -2.36. The second-order valence-corrected chi connectivity index (χ2v) is 4.88. The number of aliphatic hydroxyl groups is 1. The predicted octanol–water partition coefficient (Wildman–Crippen LogP) is 2.56. The van der Waals surface area contributed by atoms with Crippen LogP contribution in [0.15, 0.2) is 22.8 Å². The third-order valence-corrected chi connectivity index (χ3v) is 3.26. The van der Waals surface area contributed by atoms with E-state index in [1.54, 1.807) is 6.20 Å². The summed E-state index contributed by atoms with van der Waals surface area (Å²) in [4.78, 5) is 4.24. The molecule has 0 aromatic carbocycles. The number of anilines is 1. The van der Waals surface area contributed by atoms with Crippen LogP contribution in [0.25, 0.3) is 0 Å². The predicted molar refractivity (Wildman–Crippen MR) is 63.8 cm³/mol. The normalized spacial score (nSPS) is 26.3. The molecule has 1 fully saturated rings. The molecule has 1 aliphatic rings. The zero-order valence-corrected chi connectivity index (χ0v) is 10.1. The summed E-state index contributed by atoms with van der Waals surface area (Å²) in [5.74, 6) is 0.837. The topological polar surface area (TPSA) is 45.1 Å². The SMILES string of the molecule is O[C@@H]1CCCC[C@H]1Nc1ccc(Br)cn1. The van der Waals surface area contributed by atoms with Gasteiger partial charge in [-0.25, -0.2) is 4.98 Å². The van der Waals surface area contributed by atoms with Crippen LogP contribution in [-0.2, 0) is 0 Å². The number of hydrogen-bond acceptors (Lipinski definition) is 3. The molecule has 1 heterocycles. The van der Waals surface area contributed by atoms with Crippen molar-refractivity contribution in [3.8, 4) is 0 Å². The molecule has 2 N–H and O–H groups in total. The van der Waals surface area contributed by atoms with E-state index in [1.807, 2.05) is 12.1 Å². The molecule has 1 aromatic heterocycles. The van der Waals surface area contributed by atoms with Crippen molar-refractivity contribution in [1.82, 2.24) is 4.98 Å². The van der Waals surface area contributed by atoms with Gasteiger partial charge in [0, 0.05) is 10.7 Å². The van der Waals surface area contributed by atoms with Crippen LogP contribution in [0.1, 0.15) is 25.7 Å². The zero-order valence-electron chi connectivity index (χ0n) is 8.49. The highest BCUT2D eigenvalue weighted by Gasteiger charge is 2.22. The van der Waals surface area contributed by atoms with Crippen LogP contribution in [0.2, 0.25) is 0 Å². The first-order valence-electron chi connectivity index (χ1n) is 5.32. The Hall–Kier alpha value is -0.610. The van der Waals surface area contributed by atoms with Gasteiger partial charge in [0.05, 0.1) is 12.1 Å². The van der Waals surface area contributed by atoms with Crippen molar-refractivity contribution in [3.63, 3.8) is 0 Å². The van der Waals surface area contributed by atoms with Crippen LogP contribution >= 0.6 is 15.9 Å². The minimum absolute atomic E-state index is 0.160. The number of rotatable bonds is 2. The molecule has 2 atom stereocenters. The van der Waals surface area contributed by atoms with E-state index in [0.29, 0.717) is 0 Å². The highest BCUT2D eigenvalue weighted by molar-refractivity contribution is 9.10. The summed E-state index contributed by atoms with van der Waals surface area (Å²) in [5.41, 5.74) is 0. The maximum absolute atomic E-state index is 9.79. The number of pyridine rings is 1. The highest BCUT2D eigenvalue weighted by Crippen LogP contribution is 2.21. The molecule has 0 amide bonds. The van der Waals surface area contributed by atoms with E-state index in [9.17, 15) is 5.11 Å². The van der Waals surface area contributed by atoms with Gasteiger partial charge in [-0.1, -0.05) is 12.8 Å². The first-order chi connectivity index (χ1) is 7.25. The molecule has 0 radical (unpaired) electrons. The Morgan fingerprint density at radius 2 is 2.13 bits per heavy atom. The summed E-state index contributed by atoms with van der Waals surface area (Å²) < 4.78 is 0.970. The van der Waals surface area contributed by atoms with Crippen LogP contribution < -0.4 is 5.32 Å². The van der Waals surface area contributed by atoms with Gasteiger partial charge in [-0.05, 0) is 40.9 Å². The van der Waals surface area contributed by atoms with Crippen molar-refractivity contribution in [3.05, 3.63) is 22.8 Å². The molecule has 2 rings (SSSR count). The average Bonchev–Trinajstić information content (AvgIpc) is 2.25. The maximum atomic E-state index is 9.79. The van der Waals surface area contributed by atoms with Gasteiger partial charge in [0.1, 0.15) is 5.82 Å². The van der Waals surface area contributed by atoms with Crippen LogP contribution in [0, 0.1) is 0 Å². The lowest BCUT2D eigenvalue weighted by molar-refractivity contribution is 0.116. The van der Waals surface area contributed by atoms with Crippen molar-refractivity contribution in [2.24, 2.45) is 0 Å².